The van der Waals surface area contributed by atoms with Crippen molar-refractivity contribution in [1.82, 2.24) is 14.3 Å². The molecule has 1 fully saturated rings. The third-order valence-corrected chi connectivity index (χ3v) is 7.48. The third-order valence-electron chi connectivity index (χ3n) is 4.71. The first-order valence-electron chi connectivity index (χ1n) is 10.0. The quantitative estimate of drug-likeness (QED) is 0.449. The number of carbonyl (C=O) groups excluding carboxylic acids is 1. The molecule has 1 saturated heterocycles. The highest BCUT2D eigenvalue weighted by molar-refractivity contribution is 7.99. The number of benzene rings is 1. The molecule has 2 heterocycles. The Bertz CT molecular complexity index is 1090. The monoisotopic (exact) mass is 466 g/mol. The van der Waals surface area contributed by atoms with E-state index in [2.05, 4.69) is 15.3 Å². The van der Waals surface area contributed by atoms with Gasteiger partial charge in [0.25, 0.3) is 5.56 Å². The Morgan fingerprint density at radius 2 is 2.03 bits per heavy atom. The van der Waals surface area contributed by atoms with E-state index in [0.29, 0.717) is 49.3 Å². The number of sulfonamides is 1. The summed E-state index contributed by atoms with van der Waals surface area (Å²) in [5.41, 5.74) is 1.61. The second kappa shape index (κ2) is 10.4. The lowest BCUT2D eigenvalue weighted by Gasteiger charge is -2.26. The molecule has 9 nitrogen and oxygen atoms in total. The molecular weight excluding hydrogens is 440 g/mol. The van der Waals surface area contributed by atoms with Crippen molar-refractivity contribution in [1.29, 1.82) is 0 Å². The molecule has 1 aromatic carbocycles. The summed E-state index contributed by atoms with van der Waals surface area (Å²) < 4.78 is 32.4. The van der Waals surface area contributed by atoms with E-state index in [-0.39, 0.29) is 22.1 Å². The molecule has 0 unspecified atom stereocenters. The minimum Gasteiger partial charge on any atom is -0.379 e. The van der Waals surface area contributed by atoms with Crippen molar-refractivity contribution in [3.05, 3.63) is 45.9 Å². The lowest BCUT2D eigenvalue weighted by atomic mass is 10.2. The highest BCUT2D eigenvalue weighted by atomic mass is 32.2. The van der Waals surface area contributed by atoms with Crippen LogP contribution in [0.2, 0.25) is 0 Å². The number of hydrogen-bond donors (Lipinski definition) is 2. The maximum atomic E-state index is 12.9. The average Bonchev–Trinajstić information content (AvgIpc) is 2.74. The number of carbonyl (C=O) groups is 1. The van der Waals surface area contributed by atoms with Gasteiger partial charge < -0.3 is 15.0 Å². The van der Waals surface area contributed by atoms with Gasteiger partial charge in [-0.2, -0.15) is 4.31 Å². The van der Waals surface area contributed by atoms with Crippen LogP contribution in [-0.2, 0) is 26.0 Å². The number of morpholine rings is 1. The van der Waals surface area contributed by atoms with Crippen molar-refractivity contribution in [3.63, 3.8) is 0 Å². The zero-order chi connectivity index (χ0) is 22.4. The number of ether oxygens (including phenoxy) is 1. The molecular formula is C20H26N4O5S2. The van der Waals surface area contributed by atoms with Gasteiger partial charge >= 0.3 is 0 Å². The molecule has 2 N–H and O–H groups in total. The smallest absolute Gasteiger partial charge is 0.251 e. The van der Waals surface area contributed by atoms with E-state index in [1.807, 2.05) is 6.92 Å². The van der Waals surface area contributed by atoms with Crippen LogP contribution < -0.4 is 10.9 Å². The fourth-order valence-electron chi connectivity index (χ4n) is 3.09. The first-order valence-corrected chi connectivity index (χ1v) is 12.4. The van der Waals surface area contributed by atoms with E-state index in [1.165, 1.54) is 16.4 Å². The van der Waals surface area contributed by atoms with Crippen molar-refractivity contribution in [2.45, 2.75) is 36.7 Å². The van der Waals surface area contributed by atoms with Crippen LogP contribution in [0, 0.1) is 6.92 Å². The fourth-order valence-corrected chi connectivity index (χ4v) is 5.22. The predicted molar refractivity (Wildman–Crippen MR) is 119 cm³/mol. The number of aromatic amines is 1. The Kier molecular flexibility index (Phi) is 7.87. The average molecular weight is 467 g/mol. The largest absolute Gasteiger partial charge is 0.379 e. The highest BCUT2D eigenvalue weighted by Gasteiger charge is 2.26. The van der Waals surface area contributed by atoms with Gasteiger partial charge in [0, 0.05) is 30.5 Å². The SMILES string of the molecule is CCCc1cc(=O)[nH]c(SCC(=O)Nc2cc(S(=O)(=O)N3CCOCC3)ccc2C)n1. The molecule has 0 radical (unpaired) electrons. The van der Waals surface area contributed by atoms with Crippen molar-refractivity contribution in [2.24, 2.45) is 0 Å². The number of thioether (sulfide) groups is 1. The summed E-state index contributed by atoms with van der Waals surface area (Å²) in [6.07, 6.45) is 1.55. The molecule has 1 aliphatic heterocycles. The molecule has 11 heteroatoms. The Labute approximate surface area is 185 Å². The number of anilines is 1. The molecule has 0 aliphatic carbocycles. The van der Waals surface area contributed by atoms with Gasteiger partial charge in [-0.3, -0.25) is 9.59 Å². The summed E-state index contributed by atoms with van der Waals surface area (Å²) in [4.78, 5) is 31.3. The maximum absolute atomic E-state index is 12.9. The number of aryl methyl sites for hydroxylation is 2. The molecule has 0 saturated carbocycles. The van der Waals surface area contributed by atoms with Crippen LogP contribution in [0.15, 0.2) is 39.1 Å². The van der Waals surface area contributed by atoms with Gasteiger partial charge in [0.2, 0.25) is 15.9 Å². The summed E-state index contributed by atoms with van der Waals surface area (Å²) in [7, 11) is -3.66. The van der Waals surface area contributed by atoms with Crippen LogP contribution in [0.3, 0.4) is 0 Å². The minimum absolute atomic E-state index is 0.0262. The normalized spacial score (nSPS) is 15.0. The van der Waals surface area contributed by atoms with Gasteiger partial charge in [-0.25, -0.2) is 13.4 Å². The Balaban J connectivity index is 1.69. The zero-order valence-electron chi connectivity index (χ0n) is 17.5. The maximum Gasteiger partial charge on any atom is 0.251 e. The summed E-state index contributed by atoms with van der Waals surface area (Å²) in [6.45, 7) is 5.12. The first-order chi connectivity index (χ1) is 14.8. The Hall–Kier alpha value is -2.21. The number of H-pyrrole nitrogens is 1. The van der Waals surface area contributed by atoms with Crippen LogP contribution in [0.4, 0.5) is 5.69 Å². The standard InChI is InChI=1S/C20H26N4O5S2/c1-3-4-15-11-18(25)23-20(21-15)30-13-19(26)22-17-12-16(6-5-14(17)2)31(27,28)24-7-9-29-10-8-24/h5-6,11-12H,3-4,7-10,13H2,1-2H3,(H,22,26)(H,21,23,25). The summed E-state index contributed by atoms with van der Waals surface area (Å²) in [5.74, 6) is -0.296. The number of amides is 1. The van der Waals surface area contributed by atoms with Crippen LogP contribution >= 0.6 is 11.8 Å². The molecule has 0 spiro atoms. The molecule has 0 bridgehead atoms. The molecule has 1 aliphatic rings. The minimum atomic E-state index is -3.66. The summed E-state index contributed by atoms with van der Waals surface area (Å²) >= 11 is 1.12. The van der Waals surface area contributed by atoms with E-state index in [9.17, 15) is 18.0 Å². The van der Waals surface area contributed by atoms with Crippen LogP contribution in [0.5, 0.6) is 0 Å². The van der Waals surface area contributed by atoms with E-state index in [0.717, 1.165) is 23.7 Å². The molecule has 2 aromatic rings. The first kappa shape index (κ1) is 23.5. The lowest BCUT2D eigenvalue weighted by molar-refractivity contribution is -0.113. The summed E-state index contributed by atoms with van der Waals surface area (Å²) in [6, 6.07) is 6.14. The van der Waals surface area contributed by atoms with Gasteiger partial charge in [0.05, 0.1) is 23.9 Å². The third kappa shape index (κ3) is 6.16. The van der Waals surface area contributed by atoms with Crippen molar-refractivity contribution >= 4 is 33.4 Å². The number of rotatable bonds is 8. The van der Waals surface area contributed by atoms with Crippen molar-refractivity contribution < 1.29 is 17.9 Å². The molecule has 31 heavy (non-hydrogen) atoms. The van der Waals surface area contributed by atoms with Gasteiger partial charge in [-0.1, -0.05) is 31.2 Å². The van der Waals surface area contributed by atoms with Crippen LogP contribution in [0.25, 0.3) is 0 Å². The highest BCUT2D eigenvalue weighted by Crippen LogP contribution is 2.24. The zero-order valence-corrected chi connectivity index (χ0v) is 19.1. The van der Waals surface area contributed by atoms with Gasteiger partial charge in [0.1, 0.15) is 0 Å². The van der Waals surface area contributed by atoms with Crippen LogP contribution in [0.1, 0.15) is 24.6 Å². The van der Waals surface area contributed by atoms with Gasteiger partial charge in [-0.15, -0.1) is 0 Å². The van der Waals surface area contributed by atoms with Gasteiger partial charge in [-0.05, 0) is 31.0 Å². The predicted octanol–water partition coefficient (Wildman–Crippen LogP) is 1.78. The molecule has 168 valence electrons. The molecule has 1 aromatic heterocycles. The van der Waals surface area contributed by atoms with Crippen molar-refractivity contribution in [2.75, 3.05) is 37.4 Å². The van der Waals surface area contributed by atoms with E-state index in [1.54, 1.807) is 19.1 Å². The number of nitrogens with one attached hydrogen (secondary N) is 2. The molecule has 1 amide bonds. The van der Waals surface area contributed by atoms with Gasteiger partial charge in [0.15, 0.2) is 5.16 Å². The van der Waals surface area contributed by atoms with E-state index < -0.39 is 10.0 Å². The van der Waals surface area contributed by atoms with E-state index >= 15 is 0 Å². The van der Waals surface area contributed by atoms with E-state index in [4.69, 9.17) is 4.74 Å². The number of aromatic nitrogens is 2. The topological polar surface area (TPSA) is 121 Å². The number of hydrogen-bond acceptors (Lipinski definition) is 7. The second-order valence-corrected chi connectivity index (χ2v) is 10.0. The second-order valence-electron chi connectivity index (χ2n) is 7.12. The molecule has 3 rings (SSSR count). The molecule has 0 atom stereocenters. The fraction of sp³-hybridized carbons (Fsp3) is 0.450. The van der Waals surface area contributed by atoms with Crippen LogP contribution in [-0.4, -0.2) is 60.7 Å². The van der Waals surface area contributed by atoms with Crippen molar-refractivity contribution in [3.8, 4) is 0 Å². The summed E-state index contributed by atoms with van der Waals surface area (Å²) in [5, 5.41) is 3.14. The number of nitrogens with zero attached hydrogens (tertiary/aromatic N) is 2. The lowest BCUT2D eigenvalue weighted by Crippen LogP contribution is -2.40. The Morgan fingerprint density at radius 3 is 2.74 bits per heavy atom. The Morgan fingerprint density at radius 1 is 1.29 bits per heavy atom.